The average molecular weight is 240 g/mol. The molecule has 0 aliphatic carbocycles. The molecule has 0 rings (SSSR count). The highest BCUT2D eigenvalue weighted by Gasteiger charge is 1.87. The Morgan fingerprint density at radius 3 is 2.55 bits per heavy atom. The summed E-state index contributed by atoms with van der Waals surface area (Å²) in [5.41, 5.74) is 0. The lowest BCUT2D eigenvalue weighted by Crippen LogP contribution is -2.17. The molecule has 1 N–H and O–H groups in total. The third kappa shape index (κ3) is 10.8. The monoisotopic (exact) mass is 239 g/mol. The van der Waals surface area contributed by atoms with Crippen molar-refractivity contribution in [1.29, 1.82) is 0 Å². The molecule has 3 heteroatoms. The molecule has 0 atom stereocenters. The highest BCUT2D eigenvalue weighted by atomic mass is 79.9. The van der Waals surface area contributed by atoms with E-state index >= 15 is 0 Å². The summed E-state index contributed by atoms with van der Waals surface area (Å²) >= 11 is 5.33. The number of unbranched alkanes of at least 4 members (excludes halogenated alkanes) is 1. The van der Waals surface area contributed by atoms with Crippen molar-refractivity contribution in [2.45, 2.75) is 19.3 Å². The van der Waals surface area contributed by atoms with E-state index in [4.69, 9.17) is 0 Å². The van der Waals surface area contributed by atoms with Gasteiger partial charge in [-0.15, -0.1) is 0 Å². The molecule has 11 heavy (non-hydrogen) atoms. The molecule has 68 valence electrons. The summed E-state index contributed by atoms with van der Waals surface area (Å²) in [7, 11) is 0. The molecule has 0 aliphatic rings. The van der Waals surface area contributed by atoms with E-state index in [0.29, 0.717) is 0 Å². The maximum absolute atomic E-state index is 3.42. The van der Waals surface area contributed by atoms with Gasteiger partial charge in [0, 0.05) is 5.33 Å². The summed E-state index contributed by atoms with van der Waals surface area (Å²) < 4.78 is 0. The van der Waals surface area contributed by atoms with E-state index in [1.54, 1.807) is 0 Å². The topological polar surface area (TPSA) is 12.0 Å². The molecule has 0 aromatic heterocycles. The van der Waals surface area contributed by atoms with Gasteiger partial charge >= 0.3 is 0 Å². The third-order valence-corrected chi connectivity index (χ3v) is 2.70. The van der Waals surface area contributed by atoms with E-state index in [2.05, 4.69) is 27.5 Å². The normalized spacial score (nSPS) is 10.4. The van der Waals surface area contributed by atoms with Crippen LogP contribution in [0.5, 0.6) is 0 Å². The van der Waals surface area contributed by atoms with Crippen LogP contribution >= 0.6 is 27.7 Å². The Bertz CT molecular complexity index is 63.1. The zero-order valence-corrected chi connectivity index (χ0v) is 9.64. The van der Waals surface area contributed by atoms with Crippen LogP contribution in [-0.2, 0) is 0 Å². The van der Waals surface area contributed by atoms with Gasteiger partial charge in [-0.25, -0.2) is 0 Å². The van der Waals surface area contributed by atoms with Crippen LogP contribution in [0.15, 0.2) is 0 Å². The fourth-order valence-corrected chi connectivity index (χ4v) is 1.64. The highest BCUT2D eigenvalue weighted by molar-refractivity contribution is 9.09. The molecule has 0 bridgehead atoms. The van der Waals surface area contributed by atoms with Crippen molar-refractivity contribution in [3.8, 4) is 0 Å². The van der Waals surface area contributed by atoms with Crippen molar-refractivity contribution in [2.24, 2.45) is 0 Å². The SMILES string of the molecule is CSCCCNCCCCBr. The minimum Gasteiger partial charge on any atom is -0.317 e. The summed E-state index contributed by atoms with van der Waals surface area (Å²) in [5.74, 6) is 1.28. The Kier molecular flexibility index (Phi) is 11.6. The highest BCUT2D eigenvalue weighted by Crippen LogP contribution is 1.94. The van der Waals surface area contributed by atoms with Crippen molar-refractivity contribution >= 4 is 27.7 Å². The Balaban J connectivity index is 2.69. The van der Waals surface area contributed by atoms with E-state index in [9.17, 15) is 0 Å². The summed E-state index contributed by atoms with van der Waals surface area (Å²) in [4.78, 5) is 0. The van der Waals surface area contributed by atoms with Gasteiger partial charge in [-0.05, 0) is 44.4 Å². The molecule has 0 radical (unpaired) electrons. The molecule has 0 saturated carbocycles. The number of thioether (sulfide) groups is 1. The van der Waals surface area contributed by atoms with Gasteiger partial charge in [-0.2, -0.15) is 11.8 Å². The average Bonchev–Trinajstić information content (AvgIpc) is 2.03. The van der Waals surface area contributed by atoms with Gasteiger partial charge in [0.15, 0.2) is 0 Å². The second kappa shape index (κ2) is 10.8. The first kappa shape index (κ1) is 11.8. The molecule has 0 amide bonds. The maximum Gasteiger partial charge on any atom is 0.00317 e. The fourth-order valence-electron chi connectivity index (χ4n) is 0.811. The minimum atomic E-state index is 1.14. The molecule has 0 saturated heterocycles. The molecule has 0 unspecified atom stereocenters. The number of nitrogens with one attached hydrogen (secondary N) is 1. The van der Waals surface area contributed by atoms with Gasteiger partial charge in [-0.3, -0.25) is 0 Å². The van der Waals surface area contributed by atoms with Crippen molar-refractivity contribution in [3.05, 3.63) is 0 Å². The van der Waals surface area contributed by atoms with E-state index in [1.165, 1.54) is 38.1 Å². The van der Waals surface area contributed by atoms with Crippen molar-refractivity contribution in [2.75, 3.05) is 30.4 Å². The second-order valence-corrected chi connectivity index (χ2v) is 4.27. The Labute approximate surface area is 82.8 Å². The third-order valence-electron chi connectivity index (χ3n) is 1.44. The van der Waals surface area contributed by atoms with Crippen LogP contribution in [0.4, 0.5) is 0 Å². The summed E-state index contributed by atoms with van der Waals surface area (Å²) in [6.07, 6.45) is 6.04. The number of rotatable bonds is 8. The molecule has 0 aliphatic heterocycles. The summed E-state index contributed by atoms with van der Waals surface area (Å²) in [5, 5.41) is 4.56. The Morgan fingerprint density at radius 2 is 1.91 bits per heavy atom. The van der Waals surface area contributed by atoms with Crippen LogP contribution in [-0.4, -0.2) is 30.4 Å². The van der Waals surface area contributed by atoms with Gasteiger partial charge < -0.3 is 5.32 Å². The van der Waals surface area contributed by atoms with Crippen LogP contribution < -0.4 is 5.32 Å². The zero-order valence-electron chi connectivity index (χ0n) is 7.24. The number of hydrogen-bond acceptors (Lipinski definition) is 2. The zero-order chi connectivity index (χ0) is 8.36. The van der Waals surface area contributed by atoms with E-state index < -0.39 is 0 Å². The van der Waals surface area contributed by atoms with Gasteiger partial charge in [0.25, 0.3) is 0 Å². The van der Waals surface area contributed by atoms with Gasteiger partial charge in [0.05, 0.1) is 0 Å². The first-order valence-electron chi connectivity index (χ1n) is 4.17. The molecular weight excluding hydrogens is 222 g/mol. The Morgan fingerprint density at radius 1 is 1.18 bits per heavy atom. The molecular formula is C8H18BrNS. The van der Waals surface area contributed by atoms with Crippen molar-refractivity contribution in [1.82, 2.24) is 5.32 Å². The van der Waals surface area contributed by atoms with E-state index in [-0.39, 0.29) is 0 Å². The van der Waals surface area contributed by atoms with Gasteiger partial charge in [0.1, 0.15) is 0 Å². The lowest BCUT2D eigenvalue weighted by molar-refractivity contribution is 0.638. The molecule has 0 fully saturated rings. The second-order valence-electron chi connectivity index (χ2n) is 2.49. The molecule has 0 spiro atoms. The predicted octanol–water partition coefficient (Wildman–Crippen LogP) is 2.50. The fraction of sp³-hybridized carbons (Fsp3) is 1.00. The number of alkyl halides is 1. The Hall–Kier alpha value is 0.790. The molecule has 0 aromatic rings. The first-order chi connectivity index (χ1) is 5.41. The summed E-state index contributed by atoms with van der Waals surface area (Å²) in [6.45, 7) is 2.36. The van der Waals surface area contributed by atoms with Gasteiger partial charge in [-0.1, -0.05) is 15.9 Å². The van der Waals surface area contributed by atoms with Crippen LogP contribution in [0, 0.1) is 0 Å². The number of halogens is 1. The molecule has 0 heterocycles. The quantitative estimate of drug-likeness (QED) is 0.517. The van der Waals surface area contributed by atoms with Crippen LogP contribution in [0.2, 0.25) is 0 Å². The van der Waals surface area contributed by atoms with E-state index in [0.717, 1.165) is 5.33 Å². The maximum atomic E-state index is 3.42. The van der Waals surface area contributed by atoms with Crippen LogP contribution in [0.25, 0.3) is 0 Å². The van der Waals surface area contributed by atoms with Gasteiger partial charge in [0.2, 0.25) is 0 Å². The lowest BCUT2D eigenvalue weighted by Gasteiger charge is -2.01. The lowest BCUT2D eigenvalue weighted by atomic mass is 10.3. The van der Waals surface area contributed by atoms with Crippen molar-refractivity contribution < 1.29 is 0 Å². The van der Waals surface area contributed by atoms with Crippen molar-refractivity contribution in [3.63, 3.8) is 0 Å². The predicted molar refractivity (Wildman–Crippen MR) is 58.9 cm³/mol. The molecule has 1 nitrogen and oxygen atoms in total. The number of hydrogen-bond donors (Lipinski definition) is 1. The first-order valence-corrected chi connectivity index (χ1v) is 6.69. The standard InChI is InChI=1S/C8H18BrNS/c1-11-8-4-7-10-6-3-2-5-9/h10H,2-8H2,1H3. The van der Waals surface area contributed by atoms with E-state index in [1.807, 2.05) is 11.8 Å². The summed E-state index contributed by atoms with van der Waals surface area (Å²) in [6, 6.07) is 0. The minimum absolute atomic E-state index is 1.14. The smallest absolute Gasteiger partial charge is 0.00317 e. The molecule has 0 aromatic carbocycles. The largest absolute Gasteiger partial charge is 0.317 e. The van der Waals surface area contributed by atoms with Crippen LogP contribution in [0.1, 0.15) is 19.3 Å². The van der Waals surface area contributed by atoms with Crippen LogP contribution in [0.3, 0.4) is 0 Å².